The van der Waals surface area contributed by atoms with Crippen LogP contribution in [0.4, 0.5) is 0 Å². The van der Waals surface area contributed by atoms with Crippen molar-refractivity contribution in [1.29, 1.82) is 0 Å². The van der Waals surface area contributed by atoms with Crippen LogP contribution in [0.25, 0.3) is 0 Å². The molecule has 1 aromatic rings. The molecular weight excluding hydrogens is 274 g/mol. The van der Waals surface area contributed by atoms with Crippen LogP contribution in [0.5, 0.6) is 0 Å². The maximum absolute atomic E-state index is 11.0. The number of nitrogens with zero attached hydrogens (tertiary/aromatic N) is 1. The molecule has 0 spiro atoms. The smallest absolute Gasteiger partial charge is 0.191 e. The monoisotopic (exact) mass is 277 g/mol. The molecule has 0 aromatic carbocycles. The summed E-state index contributed by atoms with van der Waals surface area (Å²) < 4.78 is 0.685. The first-order chi connectivity index (χ1) is 5.24. The van der Waals surface area contributed by atoms with Gasteiger partial charge in [0.25, 0.3) is 0 Å². The normalized spacial score (nSPS) is 9.64. The fourth-order valence-corrected chi connectivity index (χ4v) is 1.26. The van der Waals surface area contributed by atoms with Gasteiger partial charge in [0.1, 0.15) is 10.3 Å². The zero-order chi connectivity index (χ0) is 8.27. The van der Waals surface area contributed by atoms with Crippen LogP contribution >= 0.6 is 31.9 Å². The Hall–Kier alpha value is -0.220. The van der Waals surface area contributed by atoms with Crippen molar-refractivity contribution in [1.82, 2.24) is 4.98 Å². The van der Waals surface area contributed by atoms with Crippen molar-refractivity contribution in [2.75, 3.05) is 5.33 Å². The zero-order valence-corrected chi connectivity index (χ0v) is 8.72. The summed E-state index contributed by atoms with van der Waals surface area (Å²) in [6.45, 7) is 0. The van der Waals surface area contributed by atoms with E-state index in [2.05, 4.69) is 36.8 Å². The van der Waals surface area contributed by atoms with Gasteiger partial charge < -0.3 is 0 Å². The van der Waals surface area contributed by atoms with E-state index in [0.717, 1.165) is 0 Å². The average Bonchev–Trinajstić information content (AvgIpc) is 2.03. The second kappa shape index (κ2) is 3.97. The Labute approximate surface area is 81.3 Å². The standard InChI is InChI=1S/C7H5Br2NO/c8-4-6(11)5-2-1-3-7(9)10-5/h1-3H,4H2. The van der Waals surface area contributed by atoms with Gasteiger partial charge >= 0.3 is 0 Å². The molecule has 0 atom stereocenters. The molecule has 2 nitrogen and oxygen atoms in total. The summed E-state index contributed by atoms with van der Waals surface area (Å²) in [4.78, 5) is 15.0. The molecule has 0 radical (unpaired) electrons. The molecule has 1 aromatic heterocycles. The van der Waals surface area contributed by atoms with Gasteiger partial charge in [-0.2, -0.15) is 0 Å². The van der Waals surface area contributed by atoms with Crippen molar-refractivity contribution in [3.63, 3.8) is 0 Å². The van der Waals surface area contributed by atoms with Crippen molar-refractivity contribution in [2.45, 2.75) is 0 Å². The van der Waals surface area contributed by atoms with Crippen LogP contribution < -0.4 is 0 Å². The highest BCUT2D eigenvalue weighted by Gasteiger charge is 2.04. The highest BCUT2D eigenvalue weighted by atomic mass is 79.9. The first-order valence-corrected chi connectivity index (χ1v) is 4.87. The number of hydrogen-bond donors (Lipinski definition) is 0. The molecule has 0 aliphatic heterocycles. The van der Waals surface area contributed by atoms with E-state index in [9.17, 15) is 4.79 Å². The van der Waals surface area contributed by atoms with Crippen molar-refractivity contribution in [3.05, 3.63) is 28.5 Å². The zero-order valence-electron chi connectivity index (χ0n) is 5.55. The number of aromatic nitrogens is 1. The number of halogens is 2. The van der Waals surface area contributed by atoms with Gasteiger partial charge in [0.2, 0.25) is 0 Å². The fraction of sp³-hybridized carbons (Fsp3) is 0.143. The fourth-order valence-electron chi connectivity index (χ4n) is 0.632. The minimum Gasteiger partial charge on any atom is -0.291 e. The summed E-state index contributed by atoms with van der Waals surface area (Å²) in [5.74, 6) is -0.00806. The lowest BCUT2D eigenvalue weighted by Crippen LogP contribution is -2.02. The number of Topliss-reactive ketones (excluding diaryl/α,β-unsaturated/α-hetero) is 1. The van der Waals surface area contributed by atoms with E-state index in [1.807, 2.05) is 0 Å². The van der Waals surface area contributed by atoms with E-state index in [1.54, 1.807) is 18.2 Å². The molecule has 58 valence electrons. The van der Waals surface area contributed by atoms with Crippen LogP contribution in [-0.2, 0) is 0 Å². The van der Waals surface area contributed by atoms with Gasteiger partial charge in [-0.3, -0.25) is 4.79 Å². The van der Waals surface area contributed by atoms with E-state index in [4.69, 9.17) is 0 Å². The van der Waals surface area contributed by atoms with E-state index in [1.165, 1.54) is 0 Å². The van der Waals surface area contributed by atoms with Crippen LogP contribution in [0.1, 0.15) is 10.5 Å². The van der Waals surface area contributed by atoms with Crippen LogP contribution in [0.15, 0.2) is 22.8 Å². The van der Waals surface area contributed by atoms with Crippen molar-refractivity contribution >= 4 is 37.6 Å². The van der Waals surface area contributed by atoms with Gasteiger partial charge in [0, 0.05) is 0 Å². The summed E-state index contributed by atoms with van der Waals surface area (Å²) >= 11 is 6.25. The van der Waals surface area contributed by atoms with Crippen molar-refractivity contribution in [3.8, 4) is 0 Å². The van der Waals surface area contributed by atoms with Crippen LogP contribution in [0.3, 0.4) is 0 Å². The minimum atomic E-state index is -0.00806. The Morgan fingerprint density at radius 2 is 2.27 bits per heavy atom. The topological polar surface area (TPSA) is 30.0 Å². The average molecular weight is 279 g/mol. The summed E-state index contributed by atoms with van der Waals surface area (Å²) in [6, 6.07) is 5.26. The molecule has 0 N–H and O–H groups in total. The van der Waals surface area contributed by atoms with E-state index >= 15 is 0 Å². The Bertz CT molecular complexity index is 275. The van der Waals surface area contributed by atoms with Gasteiger partial charge in [-0.15, -0.1) is 0 Å². The summed E-state index contributed by atoms with van der Waals surface area (Å²) in [5, 5.41) is 0.316. The molecule has 0 saturated carbocycles. The SMILES string of the molecule is O=C(CBr)c1cccc(Br)n1. The van der Waals surface area contributed by atoms with Gasteiger partial charge in [-0.1, -0.05) is 22.0 Å². The van der Waals surface area contributed by atoms with Gasteiger partial charge in [0.05, 0.1) is 5.33 Å². The molecule has 0 aliphatic carbocycles. The third-order valence-corrected chi connectivity index (χ3v) is 2.07. The van der Waals surface area contributed by atoms with Crippen molar-refractivity contribution in [2.24, 2.45) is 0 Å². The molecular formula is C7H5Br2NO. The molecule has 11 heavy (non-hydrogen) atoms. The largest absolute Gasteiger partial charge is 0.291 e. The van der Waals surface area contributed by atoms with Gasteiger partial charge in [-0.25, -0.2) is 4.98 Å². The van der Waals surface area contributed by atoms with E-state index < -0.39 is 0 Å². The Morgan fingerprint density at radius 3 is 2.82 bits per heavy atom. The molecule has 0 amide bonds. The molecule has 0 aliphatic rings. The lowest BCUT2D eigenvalue weighted by molar-refractivity contribution is 0.101. The summed E-state index contributed by atoms with van der Waals surface area (Å²) in [7, 11) is 0. The van der Waals surface area contributed by atoms with Crippen LogP contribution in [0, 0.1) is 0 Å². The minimum absolute atomic E-state index is 0.00806. The Balaban J connectivity index is 2.96. The Morgan fingerprint density at radius 1 is 1.55 bits per heavy atom. The quantitative estimate of drug-likeness (QED) is 0.472. The lowest BCUT2D eigenvalue weighted by Gasteiger charge is -1.94. The van der Waals surface area contributed by atoms with Gasteiger partial charge in [0.15, 0.2) is 5.78 Å². The first-order valence-electron chi connectivity index (χ1n) is 2.96. The molecule has 0 saturated heterocycles. The lowest BCUT2D eigenvalue weighted by atomic mass is 10.3. The van der Waals surface area contributed by atoms with Crippen molar-refractivity contribution < 1.29 is 4.79 Å². The van der Waals surface area contributed by atoms with E-state index in [0.29, 0.717) is 15.6 Å². The number of ketones is 1. The second-order valence-electron chi connectivity index (χ2n) is 1.90. The van der Waals surface area contributed by atoms with Crippen LogP contribution in [0.2, 0.25) is 0 Å². The molecule has 1 heterocycles. The molecule has 4 heteroatoms. The predicted octanol–water partition coefficient (Wildman–Crippen LogP) is 2.42. The predicted molar refractivity (Wildman–Crippen MR) is 50.1 cm³/mol. The second-order valence-corrected chi connectivity index (χ2v) is 3.28. The number of pyridine rings is 1. The van der Waals surface area contributed by atoms with Gasteiger partial charge in [-0.05, 0) is 28.1 Å². The highest BCUT2D eigenvalue weighted by Crippen LogP contribution is 2.07. The first kappa shape index (κ1) is 8.87. The molecule has 0 unspecified atom stereocenters. The number of rotatable bonds is 2. The third kappa shape index (κ3) is 2.38. The molecule has 0 fully saturated rings. The number of alkyl halides is 1. The number of carbonyl (C=O) groups excluding carboxylic acids is 1. The Kier molecular flexibility index (Phi) is 3.20. The summed E-state index contributed by atoms with van der Waals surface area (Å²) in [5.41, 5.74) is 0.483. The molecule has 1 rings (SSSR count). The maximum atomic E-state index is 11.0. The maximum Gasteiger partial charge on any atom is 0.191 e. The van der Waals surface area contributed by atoms with Crippen LogP contribution in [-0.4, -0.2) is 16.1 Å². The summed E-state index contributed by atoms with van der Waals surface area (Å²) in [6.07, 6.45) is 0. The third-order valence-electron chi connectivity index (χ3n) is 1.12. The highest BCUT2D eigenvalue weighted by molar-refractivity contribution is 9.10. The number of carbonyl (C=O) groups is 1. The molecule has 0 bridgehead atoms. The number of hydrogen-bond acceptors (Lipinski definition) is 2. The van der Waals surface area contributed by atoms with E-state index in [-0.39, 0.29) is 5.78 Å².